The Morgan fingerprint density at radius 2 is 2.18 bits per heavy atom. The maximum absolute atomic E-state index is 9.58. The minimum Gasteiger partial charge on any atom is -0.395 e. The standard InChI is InChI=1S/C13H21N3O/c1-13(9-14,10-17)11-5-4-6-15-12(11)16-7-2-3-8-16/h4-6,17H,2-3,7-10,14H2,1H3. The number of aliphatic hydroxyl groups is 1. The van der Waals surface area contributed by atoms with E-state index in [1.165, 1.54) is 12.8 Å². The molecule has 17 heavy (non-hydrogen) atoms. The fourth-order valence-electron chi connectivity index (χ4n) is 2.31. The van der Waals surface area contributed by atoms with E-state index in [0.717, 1.165) is 24.5 Å². The van der Waals surface area contributed by atoms with Gasteiger partial charge in [-0.15, -0.1) is 0 Å². The average molecular weight is 235 g/mol. The van der Waals surface area contributed by atoms with E-state index in [4.69, 9.17) is 5.73 Å². The Morgan fingerprint density at radius 1 is 1.47 bits per heavy atom. The third kappa shape index (κ3) is 2.28. The van der Waals surface area contributed by atoms with Crippen LogP contribution in [0.3, 0.4) is 0 Å². The van der Waals surface area contributed by atoms with Gasteiger partial charge >= 0.3 is 0 Å². The van der Waals surface area contributed by atoms with Crippen molar-refractivity contribution in [3.05, 3.63) is 23.9 Å². The van der Waals surface area contributed by atoms with Crippen LogP contribution in [0.4, 0.5) is 5.82 Å². The molecule has 0 radical (unpaired) electrons. The molecule has 1 atom stereocenters. The number of pyridine rings is 1. The SMILES string of the molecule is CC(CN)(CO)c1cccnc1N1CCCC1. The van der Waals surface area contributed by atoms with E-state index in [9.17, 15) is 5.11 Å². The first-order valence-corrected chi connectivity index (χ1v) is 6.22. The summed E-state index contributed by atoms with van der Waals surface area (Å²) in [7, 11) is 0. The zero-order chi connectivity index (χ0) is 12.3. The zero-order valence-corrected chi connectivity index (χ0v) is 10.4. The van der Waals surface area contributed by atoms with Crippen LogP contribution in [0.1, 0.15) is 25.3 Å². The van der Waals surface area contributed by atoms with E-state index < -0.39 is 5.41 Å². The summed E-state index contributed by atoms with van der Waals surface area (Å²) in [6, 6.07) is 3.95. The molecule has 0 amide bonds. The van der Waals surface area contributed by atoms with E-state index in [-0.39, 0.29) is 6.61 Å². The van der Waals surface area contributed by atoms with Crippen LogP contribution in [0.2, 0.25) is 0 Å². The van der Waals surface area contributed by atoms with Crippen molar-refractivity contribution in [2.24, 2.45) is 5.73 Å². The number of anilines is 1. The highest BCUT2D eigenvalue weighted by Gasteiger charge is 2.30. The van der Waals surface area contributed by atoms with Gasteiger partial charge in [-0.05, 0) is 18.9 Å². The minimum absolute atomic E-state index is 0.0516. The normalized spacial score (nSPS) is 19.4. The predicted molar refractivity (Wildman–Crippen MR) is 69.2 cm³/mol. The second-order valence-electron chi connectivity index (χ2n) is 4.99. The quantitative estimate of drug-likeness (QED) is 0.813. The third-order valence-electron chi connectivity index (χ3n) is 3.64. The van der Waals surface area contributed by atoms with Crippen molar-refractivity contribution in [1.29, 1.82) is 0 Å². The van der Waals surface area contributed by atoms with Crippen LogP contribution < -0.4 is 10.6 Å². The van der Waals surface area contributed by atoms with Crippen LogP contribution >= 0.6 is 0 Å². The Labute approximate surface area is 102 Å². The molecule has 2 heterocycles. The van der Waals surface area contributed by atoms with Gasteiger partial charge in [0.2, 0.25) is 0 Å². The number of aromatic nitrogens is 1. The molecule has 94 valence electrons. The molecule has 0 bridgehead atoms. The highest BCUT2D eigenvalue weighted by molar-refractivity contribution is 5.51. The first kappa shape index (κ1) is 12.3. The summed E-state index contributed by atoms with van der Waals surface area (Å²) >= 11 is 0. The number of nitrogens with zero attached hydrogens (tertiary/aromatic N) is 2. The number of hydrogen-bond acceptors (Lipinski definition) is 4. The lowest BCUT2D eigenvalue weighted by Crippen LogP contribution is -2.37. The lowest BCUT2D eigenvalue weighted by molar-refractivity contribution is 0.210. The molecule has 0 aromatic carbocycles. The van der Waals surface area contributed by atoms with Gasteiger partial charge in [0, 0.05) is 36.8 Å². The van der Waals surface area contributed by atoms with Crippen LogP contribution in [0.25, 0.3) is 0 Å². The molecule has 1 unspecified atom stereocenters. The predicted octanol–water partition coefficient (Wildman–Crippen LogP) is 0.890. The van der Waals surface area contributed by atoms with Crippen LogP contribution in [-0.4, -0.2) is 36.3 Å². The summed E-state index contributed by atoms with van der Waals surface area (Å²) in [5.41, 5.74) is 6.48. The number of nitrogens with two attached hydrogens (primary N) is 1. The smallest absolute Gasteiger partial charge is 0.132 e. The summed E-state index contributed by atoms with van der Waals surface area (Å²) in [5, 5.41) is 9.58. The largest absolute Gasteiger partial charge is 0.395 e. The first-order chi connectivity index (χ1) is 8.21. The van der Waals surface area contributed by atoms with Gasteiger partial charge in [0.25, 0.3) is 0 Å². The summed E-state index contributed by atoms with van der Waals surface area (Å²) in [5.74, 6) is 0.993. The second kappa shape index (κ2) is 5.02. The Morgan fingerprint density at radius 3 is 2.76 bits per heavy atom. The van der Waals surface area contributed by atoms with Crippen molar-refractivity contribution in [2.75, 3.05) is 31.1 Å². The average Bonchev–Trinajstić information content (AvgIpc) is 2.92. The zero-order valence-electron chi connectivity index (χ0n) is 10.4. The molecule has 0 spiro atoms. The van der Waals surface area contributed by atoms with E-state index in [2.05, 4.69) is 9.88 Å². The molecule has 1 aliphatic rings. The van der Waals surface area contributed by atoms with Gasteiger partial charge in [-0.25, -0.2) is 4.98 Å². The Kier molecular flexibility index (Phi) is 3.64. The Balaban J connectivity index is 2.39. The molecule has 4 nitrogen and oxygen atoms in total. The van der Waals surface area contributed by atoms with Crippen LogP contribution in [0, 0.1) is 0 Å². The third-order valence-corrected chi connectivity index (χ3v) is 3.64. The monoisotopic (exact) mass is 235 g/mol. The maximum atomic E-state index is 9.58. The fourth-order valence-corrected chi connectivity index (χ4v) is 2.31. The molecule has 0 saturated carbocycles. The number of aliphatic hydroxyl groups excluding tert-OH is 1. The molecule has 1 aromatic heterocycles. The van der Waals surface area contributed by atoms with Crippen LogP contribution in [0.5, 0.6) is 0 Å². The summed E-state index contributed by atoms with van der Waals surface area (Å²) in [6.07, 6.45) is 4.24. The molecule has 3 N–H and O–H groups in total. The highest BCUT2D eigenvalue weighted by atomic mass is 16.3. The molecule has 2 rings (SSSR count). The van der Waals surface area contributed by atoms with Crippen molar-refractivity contribution in [3.63, 3.8) is 0 Å². The van der Waals surface area contributed by atoms with Crippen molar-refractivity contribution < 1.29 is 5.11 Å². The van der Waals surface area contributed by atoms with Gasteiger partial charge in [0.1, 0.15) is 5.82 Å². The number of rotatable bonds is 4. The van der Waals surface area contributed by atoms with Crippen LogP contribution in [0.15, 0.2) is 18.3 Å². The molecule has 1 aromatic rings. The summed E-state index contributed by atoms with van der Waals surface area (Å²) < 4.78 is 0. The number of hydrogen-bond donors (Lipinski definition) is 2. The van der Waals surface area contributed by atoms with E-state index >= 15 is 0 Å². The summed E-state index contributed by atoms with van der Waals surface area (Å²) in [6.45, 7) is 4.57. The van der Waals surface area contributed by atoms with Crippen molar-refractivity contribution in [3.8, 4) is 0 Å². The Hall–Kier alpha value is -1.13. The van der Waals surface area contributed by atoms with Crippen molar-refractivity contribution in [2.45, 2.75) is 25.2 Å². The maximum Gasteiger partial charge on any atom is 0.132 e. The summed E-state index contributed by atoms with van der Waals surface area (Å²) in [4.78, 5) is 6.77. The molecule has 4 heteroatoms. The van der Waals surface area contributed by atoms with Gasteiger partial charge in [0.15, 0.2) is 0 Å². The molecule has 1 saturated heterocycles. The van der Waals surface area contributed by atoms with E-state index in [0.29, 0.717) is 6.54 Å². The molecular weight excluding hydrogens is 214 g/mol. The van der Waals surface area contributed by atoms with E-state index in [1.807, 2.05) is 25.3 Å². The van der Waals surface area contributed by atoms with Gasteiger partial charge in [-0.3, -0.25) is 0 Å². The minimum atomic E-state index is -0.397. The molecule has 1 fully saturated rings. The fraction of sp³-hybridized carbons (Fsp3) is 0.615. The van der Waals surface area contributed by atoms with Crippen molar-refractivity contribution >= 4 is 5.82 Å². The molecular formula is C13H21N3O. The van der Waals surface area contributed by atoms with Gasteiger partial charge in [-0.2, -0.15) is 0 Å². The van der Waals surface area contributed by atoms with Gasteiger partial charge in [-0.1, -0.05) is 13.0 Å². The first-order valence-electron chi connectivity index (χ1n) is 6.22. The van der Waals surface area contributed by atoms with Crippen molar-refractivity contribution in [1.82, 2.24) is 4.98 Å². The topological polar surface area (TPSA) is 62.4 Å². The highest BCUT2D eigenvalue weighted by Crippen LogP contribution is 2.31. The lowest BCUT2D eigenvalue weighted by atomic mass is 9.83. The van der Waals surface area contributed by atoms with Gasteiger partial charge < -0.3 is 15.7 Å². The van der Waals surface area contributed by atoms with Crippen LogP contribution in [-0.2, 0) is 5.41 Å². The van der Waals surface area contributed by atoms with E-state index in [1.54, 1.807) is 0 Å². The second-order valence-corrected chi connectivity index (χ2v) is 4.99. The van der Waals surface area contributed by atoms with Gasteiger partial charge in [0.05, 0.1) is 6.61 Å². The lowest BCUT2D eigenvalue weighted by Gasteiger charge is -2.30. The molecule has 1 aliphatic heterocycles. The molecule has 0 aliphatic carbocycles. The Bertz CT molecular complexity index is 371.